The molecule has 9 heteroatoms. The molecule has 3 aliphatic carbocycles. The van der Waals surface area contributed by atoms with Crippen molar-refractivity contribution in [3.05, 3.63) is 60.0 Å². The van der Waals surface area contributed by atoms with E-state index in [9.17, 15) is 18.0 Å². The molecule has 6 nitrogen and oxygen atoms in total. The fourth-order valence-corrected chi connectivity index (χ4v) is 7.20. The van der Waals surface area contributed by atoms with Crippen LogP contribution in [0.5, 0.6) is 5.75 Å². The molecule has 232 valence electrons. The van der Waals surface area contributed by atoms with Crippen molar-refractivity contribution >= 4 is 11.7 Å². The molecule has 3 saturated carbocycles. The van der Waals surface area contributed by atoms with E-state index in [1.54, 1.807) is 19.4 Å². The SMILES string of the molecule is CCC(CC)C(=O)N(CC12CCC(c3ccc(OC)c(C)c3)(CC1)CC2)c1cc(-c2cnn(C(C)C(F)(F)F)c2)ccn1. The fourth-order valence-electron chi connectivity index (χ4n) is 7.20. The number of carbonyl (C=O) groups is 1. The van der Waals surface area contributed by atoms with E-state index in [0.29, 0.717) is 23.5 Å². The van der Waals surface area contributed by atoms with Gasteiger partial charge in [0.2, 0.25) is 5.91 Å². The number of benzene rings is 1. The lowest BCUT2D eigenvalue weighted by Crippen LogP contribution is -2.51. The summed E-state index contributed by atoms with van der Waals surface area (Å²) in [7, 11) is 1.70. The third-order valence-electron chi connectivity index (χ3n) is 10.3. The highest BCUT2D eigenvalue weighted by Gasteiger charge is 2.50. The van der Waals surface area contributed by atoms with Crippen molar-refractivity contribution in [2.75, 3.05) is 18.6 Å². The van der Waals surface area contributed by atoms with Gasteiger partial charge in [0.15, 0.2) is 0 Å². The van der Waals surface area contributed by atoms with Gasteiger partial charge in [-0.05, 0) is 111 Å². The van der Waals surface area contributed by atoms with Crippen molar-refractivity contribution in [2.24, 2.45) is 11.3 Å². The van der Waals surface area contributed by atoms with Crippen LogP contribution < -0.4 is 9.64 Å². The molecule has 1 amide bonds. The first kappa shape index (κ1) is 31.1. The van der Waals surface area contributed by atoms with Crippen LogP contribution in [-0.2, 0) is 10.2 Å². The Balaban J connectivity index is 1.41. The van der Waals surface area contributed by atoms with Crippen LogP contribution in [0.3, 0.4) is 0 Å². The molecule has 6 rings (SSSR count). The zero-order valence-corrected chi connectivity index (χ0v) is 25.9. The van der Waals surface area contributed by atoms with Gasteiger partial charge in [-0.3, -0.25) is 14.4 Å². The standard InChI is InChI=1S/C34H43F3N4O2/c1-6-25(7-2)31(42)40(30-19-26(10-17-38-30)27-20-39-41(21-27)24(4)34(35,36)37)22-32-11-14-33(15-12-32,16-13-32)28-8-9-29(43-5)23(3)18-28/h8-10,17-21,24-25H,6-7,11-16,22H2,1-5H3. The first-order chi connectivity index (χ1) is 20.4. The normalized spacial score (nSPS) is 22.5. The van der Waals surface area contributed by atoms with Gasteiger partial charge in [-0.2, -0.15) is 18.3 Å². The molecule has 2 aromatic heterocycles. The maximum absolute atomic E-state index is 14.0. The Morgan fingerprint density at radius 3 is 2.30 bits per heavy atom. The summed E-state index contributed by atoms with van der Waals surface area (Å²) in [6, 6.07) is 8.44. The average molecular weight is 597 g/mol. The average Bonchev–Trinajstić information content (AvgIpc) is 3.51. The van der Waals surface area contributed by atoms with Crippen molar-refractivity contribution in [2.45, 2.75) is 96.7 Å². The molecule has 2 heterocycles. The first-order valence-electron chi connectivity index (χ1n) is 15.5. The Labute approximate surface area is 252 Å². The predicted molar refractivity (Wildman–Crippen MR) is 162 cm³/mol. The molecule has 0 aliphatic heterocycles. The van der Waals surface area contributed by atoms with Crippen molar-refractivity contribution in [3.8, 4) is 16.9 Å². The second kappa shape index (κ2) is 12.0. The molecule has 1 aromatic carbocycles. The summed E-state index contributed by atoms with van der Waals surface area (Å²) in [4.78, 5) is 20.5. The number of aryl methyl sites for hydroxylation is 1. The molecular formula is C34H43F3N4O2. The fraction of sp³-hybridized carbons (Fsp3) is 0.559. The van der Waals surface area contributed by atoms with E-state index >= 15 is 0 Å². The van der Waals surface area contributed by atoms with E-state index in [1.165, 1.54) is 18.0 Å². The topological polar surface area (TPSA) is 60.3 Å². The number of aromatic nitrogens is 3. The predicted octanol–water partition coefficient (Wildman–Crippen LogP) is 8.45. The van der Waals surface area contributed by atoms with Crippen molar-refractivity contribution in [3.63, 3.8) is 0 Å². The lowest BCUT2D eigenvalue weighted by Gasteiger charge is -2.55. The van der Waals surface area contributed by atoms with Gasteiger partial charge < -0.3 is 4.74 Å². The van der Waals surface area contributed by atoms with Gasteiger partial charge in [-0.15, -0.1) is 0 Å². The van der Waals surface area contributed by atoms with E-state index in [-0.39, 0.29) is 22.7 Å². The van der Waals surface area contributed by atoms with E-state index in [4.69, 9.17) is 4.74 Å². The summed E-state index contributed by atoms with van der Waals surface area (Å²) in [5.41, 5.74) is 3.96. The molecule has 3 fully saturated rings. The zero-order valence-electron chi connectivity index (χ0n) is 25.9. The van der Waals surface area contributed by atoms with E-state index in [1.807, 2.05) is 24.8 Å². The molecular weight excluding hydrogens is 553 g/mol. The van der Waals surface area contributed by atoms with Crippen molar-refractivity contribution in [1.29, 1.82) is 0 Å². The number of alkyl halides is 3. The summed E-state index contributed by atoms with van der Waals surface area (Å²) in [6.45, 7) is 7.85. The summed E-state index contributed by atoms with van der Waals surface area (Å²) < 4.78 is 46.3. The number of hydrogen-bond donors (Lipinski definition) is 0. The zero-order chi connectivity index (χ0) is 31.0. The third kappa shape index (κ3) is 6.04. The number of amides is 1. The Hall–Kier alpha value is -3.36. The molecule has 43 heavy (non-hydrogen) atoms. The van der Waals surface area contributed by atoms with Crippen molar-refractivity contribution in [1.82, 2.24) is 14.8 Å². The van der Waals surface area contributed by atoms with Crippen LogP contribution >= 0.6 is 0 Å². The number of pyridine rings is 1. The number of fused-ring (bicyclic) bond motifs is 3. The monoisotopic (exact) mass is 596 g/mol. The Kier molecular flexibility index (Phi) is 8.65. The summed E-state index contributed by atoms with van der Waals surface area (Å²) >= 11 is 0. The van der Waals surface area contributed by atoms with E-state index in [0.717, 1.165) is 74.3 Å². The number of hydrogen-bond acceptors (Lipinski definition) is 4. The lowest BCUT2D eigenvalue weighted by atomic mass is 9.51. The highest BCUT2D eigenvalue weighted by atomic mass is 19.4. The molecule has 3 aromatic rings. The van der Waals surface area contributed by atoms with Crippen LogP contribution in [0, 0.1) is 18.3 Å². The molecule has 2 bridgehead atoms. The maximum Gasteiger partial charge on any atom is 0.410 e. The molecule has 0 radical (unpaired) electrons. The number of methoxy groups -OCH3 is 1. The van der Waals surface area contributed by atoms with Crippen LogP contribution in [0.4, 0.5) is 19.0 Å². The van der Waals surface area contributed by atoms with Crippen LogP contribution in [-0.4, -0.2) is 40.5 Å². The largest absolute Gasteiger partial charge is 0.496 e. The Morgan fingerprint density at radius 1 is 1.05 bits per heavy atom. The first-order valence-corrected chi connectivity index (χ1v) is 15.5. The minimum atomic E-state index is -4.39. The van der Waals surface area contributed by atoms with Gasteiger partial charge in [-0.1, -0.05) is 26.0 Å². The smallest absolute Gasteiger partial charge is 0.410 e. The number of halogens is 3. The van der Waals surface area contributed by atoms with Crippen LogP contribution in [0.25, 0.3) is 11.1 Å². The summed E-state index contributed by atoms with van der Waals surface area (Å²) in [5.74, 6) is 1.41. The third-order valence-corrected chi connectivity index (χ3v) is 10.3. The Bertz CT molecular complexity index is 1420. The quantitative estimate of drug-likeness (QED) is 0.236. The molecule has 1 atom stereocenters. The number of carbonyl (C=O) groups excluding carboxylic acids is 1. The molecule has 0 spiro atoms. The van der Waals surface area contributed by atoms with Gasteiger partial charge in [0.25, 0.3) is 0 Å². The van der Waals surface area contributed by atoms with Crippen LogP contribution in [0.15, 0.2) is 48.9 Å². The number of rotatable bonds is 10. The molecule has 3 aliphatic rings. The van der Waals surface area contributed by atoms with Gasteiger partial charge in [0.1, 0.15) is 17.6 Å². The van der Waals surface area contributed by atoms with Gasteiger partial charge in [0, 0.05) is 30.4 Å². The van der Waals surface area contributed by atoms with Gasteiger partial charge in [0.05, 0.1) is 13.3 Å². The highest BCUT2D eigenvalue weighted by Crippen LogP contribution is 2.58. The molecule has 0 saturated heterocycles. The second-order valence-electron chi connectivity index (χ2n) is 12.7. The second-order valence-corrected chi connectivity index (χ2v) is 12.7. The van der Waals surface area contributed by atoms with Crippen LogP contribution in [0.2, 0.25) is 0 Å². The minimum Gasteiger partial charge on any atom is -0.496 e. The summed E-state index contributed by atoms with van der Waals surface area (Å²) in [5, 5.41) is 3.98. The number of anilines is 1. The van der Waals surface area contributed by atoms with E-state index < -0.39 is 12.2 Å². The minimum absolute atomic E-state index is 0.00959. The highest BCUT2D eigenvalue weighted by molar-refractivity contribution is 5.94. The molecule has 0 N–H and O–H groups in total. The van der Waals surface area contributed by atoms with Crippen LogP contribution in [0.1, 0.15) is 89.3 Å². The number of ether oxygens (including phenoxy) is 1. The lowest BCUT2D eigenvalue weighted by molar-refractivity contribution is -0.165. The molecule has 1 unspecified atom stereocenters. The van der Waals surface area contributed by atoms with Gasteiger partial charge in [-0.25, -0.2) is 4.98 Å². The maximum atomic E-state index is 14.0. The van der Waals surface area contributed by atoms with E-state index in [2.05, 4.69) is 35.2 Å². The van der Waals surface area contributed by atoms with Gasteiger partial charge >= 0.3 is 6.18 Å². The Morgan fingerprint density at radius 2 is 1.72 bits per heavy atom. The number of nitrogens with zero attached hydrogens (tertiary/aromatic N) is 4. The summed E-state index contributed by atoms with van der Waals surface area (Å²) in [6.07, 6.45) is 7.91. The van der Waals surface area contributed by atoms with Crippen molar-refractivity contribution < 1.29 is 22.7 Å².